The number of hydrogen-bond acceptors (Lipinski definition) is 6. The molecule has 0 aliphatic carbocycles. The van der Waals surface area contributed by atoms with E-state index < -0.39 is 0 Å². The third-order valence-corrected chi connectivity index (χ3v) is 7.43. The van der Waals surface area contributed by atoms with Gasteiger partial charge < -0.3 is 30.2 Å². The van der Waals surface area contributed by atoms with Gasteiger partial charge in [0, 0.05) is 24.2 Å². The molecule has 7 heteroatoms. The number of benzene rings is 2. The second-order valence-electron chi connectivity index (χ2n) is 11.0. The van der Waals surface area contributed by atoms with E-state index >= 15 is 0 Å². The van der Waals surface area contributed by atoms with Gasteiger partial charge in [-0.1, -0.05) is 19.1 Å². The molecule has 0 radical (unpaired) electrons. The number of primary amides is 1. The van der Waals surface area contributed by atoms with Gasteiger partial charge in [-0.25, -0.2) is 0 Å². The van der Waals surface area contributed by atoms with E-state index in [0.29, 0.717) is 0 Å². The quantitative estimate of drug-likeness (QED) is 0.406. The van der Waals surface area contributed by atoms with Crippen molar-refractivity contribution in [1.82, 2.24) is 4.90 Å². The molecule has 1 fully saturated rings. The summed E-state index contributed by atoms with van der Waals surface area (Å²) >= 11 is 0. The van der Waals surface area contributed by atoms with Crippen LogP contribution in [0.3, 0.4) is 0 Å². The summed E-state index contributed by atoms with van der Waals surface area (Å²) in [4.78, 5) is 13.5. The molecule has 0 bridgehead atoms. The fourth-order valence-electron chi connectivity index (χ4n) is 4.87. The third kappa shape index (κ3) is 9.12. The molecule has 210 valence electrons. The van der Waals surface area contributed by atoms with E-state index in [1.807, 2.05) is 19.1 Å². The highest BCUT2D eigenvalue weighted by atomic mass is 16.5. The molecular weight excluding hydrogens is 478 g/mol. The fraction of sp³-hybridized carbons (Fsp3) is 0.581. The van der Waals surface area contributed by atoms with Gasteiger partial charge in [0.05, 0.1) is 14.2 Å². The number of aryl methyl sites for hydroxylation is 2. The van der Waals surface area contributed by atoms with E-state index in [1.165, 1.54) is 50.0 Å². The van der Waals surface area contributed by atoms with Gasteiger partial charge in [-0.2, -0.15) is 0 Å². The van der Waals surface area contributed by atoms with Crippen molar-refractivity contribution in [3.05, 3.63) is 47.5 Å². The molecule has 2 aliphatic heterocycles. The zero-order valence-corrected chi connectivity index (χ0v) is 24.0. The highest BCUT2D eigenvalue weighted by molar-refractivity contribution is 5.76. The molecule has 0 aromatic heterocycles. The largest absolute Gasteiger partial charge is 0.493 e. The Kier molecular flexibility index (Phi) is 11.1. The van der Waals surface area contributed by atoms with E-state index in [1.54, 1.807) is 14.2 Å². The van der Waals surface area contributed by atoms with E-state index in [-0.39, 0.29) is 17.4 Å². The second-order valence-corrected chi connectivity index (χ2v) is 11.0. The summed E-state index contributed by atoms with van der Waals surface area (Å²) in [6.45, 7) is 10.6. The zero-order chi connectivity index (χ0) is 27.5. The Morgan fingerprint density at radius 1 is 1.11 bits per heavy atom. The number of nitrogens with zero attached hydrogens (tertiary/aromatic N) is 1. The predicted octanol–water partition coefficient (Wildman–Crippen LogP) is 5.45. The van der Waals surface area contributed by atoms with Crippen LogP contribution in [0, 0.1) is 5.92 Å². The van der Waals surface area contributed by atoms with Crippen LogP contribution in [0.2, 0.25) is 0 Å². The smallest absolute Gasteiger partial charge is 0.220 e. The number of methoxy groups -OCH3 is 2. The maximum Gasteiger partial charge on any atom is 0.220 e. The van der Waals surface area contributed by atoms with E-state index in [0.717, 1.165) is 55.2 Å². The SMILES string of the molecule is CC(CCNc1ccc2c(c1)OC(C)(C)CC2)C(N)=O.COc1ccc(CCCN2CCCC2)cc1OC. The number of nitrogens with two attached hydrogens (primary N) is 1. The van der Waals surface area contributed by atoms with Crippen LogP contribution in [0.4, 0.5) is 5.69 Å². The Bertz CT molecular complexity index is 1030. The van der Waals surface area contributed by atoms with Crippen molar-refractivity contribution in [2.45, 2.75) is 71.3 Å². The van der Waals surface area contributed by atoms with Crippen LogP contribution in [0.5, 0.6) is 17.2 Å². The lowest BCUT2D eigenvalue weighted by molar-refractivity contribution is -0.121. The predicted molar refractivity (Wildman–Crippen MR) is 154 cm³/mol. The number of ether oxygens (including phenoxy) is 3. The summed E-state index contributed by atoms with van der Waals surface area (Å²) in [5.41, 5.74) is 8.77. The average molecular weight is 526 g/mol. The van der Waals surface area contributed by atoms with Crippen molar-refractivity contribution >= 4 is 11.6 Å². The zero-order valence-electron chi connectivity index (χ0n) is 24.0. The average Bonchev–Trinajstić information content (AvgIpc) is 3.41. The summed E-state index contributed by atoms with van der Waals surface area (Å²) in [5, 5.41) is 3.32. The molecule has 0 saturated carbocycles. The Morgan fingerprint density at radius 3 is 2.53 bits per heavy atom. The van der Waals surface area contributed by atoms with E-state index in [9.17, 15) is 4.79 Å². The second kappa shape index (κ2) is 14.3. The monoisotopic (exact) mass is 525 g/mol. The molecule has 2 heterocycles. The molecule has 7 nitrogen and oxygen atoms in total. The van der Waals surface area contributed by atoms with Gasteiger partial charge in [0.15, 0.2) is 11.5 Å². The molecule has 1 amide bonds. The van der Waals surface area contributed by atoms with Gasteiger partial charge in [0.1, 0.15) is 11.4 Å². The van der Waals surface area contributed by atoms with Crippen LogP contribution in [-0.4, -0.2) is 56.8 Å². The molecule has 1 atom stereocenters. The Labute approximate surface area is 229 Å². The highest BCUT2D eigenvalue weighted by Crippen LogP contribution is 2.34. The standard InChI is InChI=1S/C16H24N2O2.C15H23NO2/c1-11(15(17)19)7-9-18-13-5-4-12-6-8-16(2,3)20-14(12)10-13;1-17-14-8-7-13(12-15(14)18-2)6-5-11-16-9-3-4-10-16/h4-5,10-11,18H,6-9H2,1-3H3,(H2,17,19);7-8,12H,3-6,9-11H2,1-2H3. The van der Waals surface area contributed by atoms with Crippen molar-refractivity contribution in [2.75, 3.05) is 45.7 Å². The van der Waals surface area contributed by atoms with Crippen LogP contribution < -0.4 is 25.3 Å². The van der Waals surface area contributed by atoms with Crippen molar-refractivity contribution in [3.63, 3.8) is 0 Å². The molecule has 1 unspecified atom stereocenters. The first kappa shape index (κ1) is 29.6. The first-order chi connectivity index (χ1) is 18.2. The van der Waals surface area contributed by atoms with Crippen LogP contribution in [-0.2, 0) is 17.6 Å². The highest BCUT2D eigenvalue weighted by Gasteiger charge is 2.26. The maximum atomic E-state index is 11.0. The minimum absolute atomic E-state index is 0.0912. The van der Waals surface area contributed by atoms with Gasteiger partial charge in [-0.05, 0) is 108 Å². The Balaban J connectivity index is 0.000000212. The summed E-state index contributed by atoms with van der Waals surface area (Å²) in [5.74, 6) is 2.25. The number of amides is 1. The molecule has 4 rings (SSSR count). The lowest BCUT2D eigenvalue weighted by Crippen LogP contribution is -2.32. The third-order valence-electron chi connectivity index (χ3n) is 7.43. The van der Waals surface area contributed by atoms with Gasteiger partial charge in [-0.15, -0.1) is 0 Å². The number of carbonyl (C=O) groups is 1. The van der Waals surface area contributed by atoms with Gasteiger partial charge in [0.25, 0.3) is 0 Å². The molecule has 3 N–H and O–H groups in total. The summed E-state index contributed by atoms with van der Waals surface area (Å²) in [6.07, 6.45) is 7.90. The molecule has 2 aromatic rings. The van der Waals surface area contributed by atoms with Crippen LogP contribution in [0.15, 0.2) is 36.4 Å². The number of carbonyl (C=O) groups excluding carboxylic acids is 1. The number of hydrogen-bond donors (Lipinski definition) is 2. The van der Waals surface area contributed by atoms with E-state index in [4.69, 9.17) is 19.9 Å². The van der Waals surface area contributed by atoms with E-state index in [2.05, 4.69) is 48.3 Å². The van der Waals surface area contributed by atoms with Crippen molar-refractivity contribution in [3.8, 4) is 17.2 Å². The first-order valence-electron chi connectivity index (χ1n) is 14.0. The normalized spacial score (nSPS) is 16.9. The first-order valence-corrected chi connectivity index (χ1v) is 14.0. The number of likely N-dealkylation sites (tertiary alicyclic amines) is 1. The number of fused-ring (bicyclic) bond motifs is 1. The molecule has 1 saturated heterocycles. The molecule has 0 spiro atoms. The van der Waals surface area contributed by atoms with Gasteiger partial charge in [-0.3, -0.25) is 4.79 Å². The van der Waals surface area contributed by atoms with Gasteiger partial charge >= 0.3 is 0 Å². The minimum Gasteiger partial charge on any atom is -0.493 e. The van der Waals surface area contributed by atoms with Crippen LogP contribution in [0.1, 0.15) is 64.0 Å². The number of anilines is 1. The summed E-state index contributed by atoms with van der Waals surface area (Å²) in [7, 11) is 3.36. The minimum atomic E-state index is -0.248. The number of rotatable bonds is 11. The number of nitrogens with one attached hydrogen (secondary N) is 1. The summed E-state index contributed by atoms with van der Waals surface area (Å²) in [6, 6.07) is 12.4. The van der Waals surface area contributed by atoms with Crippen LogP contribution >= 0.6 is 0 Å². The van der Waals surface area contributed by atoms with Crippen molar-refractivity contribution in [2.24, 2.45) is 11.7 Å². The van der Waals surface area contributed by atoms with Gasteiger partial charge in [0.2, 0.25) is 5.91 Å². The molecule has 2 aliphatic rings. The molecular formula is C31H47N3O4. The lowest BCUT2D eigenvalue weighted by atomic mass is 9.94. The topological polar surface area (TPSA) is 86.0 Å². The fourth-order valence-corrected chi connectivity index (χ4v) is 4.87. The summed E-state index contributed by atoms with van der Waals surface area (Å²) < 4.78 is 16.6. The Morgan fingerprint density at radius 2 is 1.84 bits per heavy atom. The van der Waals surface area contributed by atoms with Crippen LogP contribution in [0.25, 0.3) is 0 Å². The van der Waals surface area contributed by atoms with Crippen molar-refractivity contribution in [1.29, 1.82) is 0 Å². The molecule has 2 aromatic carbocycles. The lowest BCUT2D eigenvalue weighted by Gasteiger charge is -2.32. The molecule has 38 heavy (non-hydrogen) atoms. The van der Waals surface area contributed by atoms with Crippen molar-refractivity contribution < 1.29 is 19.0 Å². The maximum absolute atomic E-state index is 11.0. The Hall–Kier alpha value is -2.93.